The summed E-state index contributed by atoms with van der Waals surface area (Å²) in [4.78, 5) is 12.2. The average molecular weight is 305 g/mol. The summed E-state index contributed by atoms with van der Waals surface area (Å²) in [6.45, 7) is 3.87. The molecule has 1 amide bonds. The van der Waals surface area contributed by atoms with Crippen LogP contribution < -0.4 is 10.6 Å². The van der Waals surface area contributed by atoms with Gasteiger partial charge in [-0.15, -0.1) is 0 Å². The number of benzene rings is 2. The standard InChI is InChI=1S/C19H19N3O/c1-14-7-6-10-18(11-14)21-13-17(12-20)19(23)22-15(2)16-8-4-3-5-9-16/h3-11,13,15,21H,1-2H3,(H,22,23)/b17-13-. The van der Waals surface area contributed by atoms with Gasteiger partial charge in [0.2, 0.25) is 0 Å². The number of nitrogens with one attached hydrogen (secondary N) is 2. The highest BCUT2D eigenvalue weighted by Crippen LogP contribution is 2.13. The van der Waals surface area contributed by atoms with E-state index in [1.165, 1.54) is 6.20 Å². The van der Waals surface area contributed by atoms with Gasteiger partial charge < -0.3 is 10.6 Å². The smallest absolute Gasteiger partial charge is 0.263 e. The third-order valence-electron chi connectivity index (χ3n) is 3.41. The van der Waals surface area contributed by atoms with Crippen LogP contribution in [-0.2, 0) is 4.79 Å². The minimum atomic E-state index is -0.399. The van der Waals surface area contributed by atoms with Gasteiger partial charge in [0.25, 0.3) is 5.91 Å². The van der Waals surface area contributed by atoms with Gasteiger partial charge in [0.1, 0.15) is 11.6 Å². The molecule has 0 bridgehead atoms. The number of hydrogen-bond donors (Lipinski definition) is 2. The summed E-state index contributed by atoms with van der Waals surface area (Å²) in [6.07, 6.45) is 1.43. The third-order valence-corrected chi connectivity index (χ3v) is 3.41. The number of nitriles is 1. The Morgan fingerprint density at radius 3 is 2.57 bits per heavy atom. The van der Waals surface area contributed by atoms with E-state index in [0.717, 1.165) is 16.8 Å². The second-order valence-corrected chi connectivity index (χ2v) is 5.29. The lowest BCUT2D eigenvalue weighted by molar-refractivity contribution is -0.117. The first-order chi connectivity index (χ1) is 11.1. The Hall–Kier alpha value is -3.06. The number of amides is 1. The van der Waals surface area contributed by atoms with Gasteiger partial charge in [-0.25, -0.2) is 0 Å². The van der Waals surface area contributed by atoms with Crippen molar-refractivity contribution in [3.8, 4) is 6.07 Å². The minimum absolute atomic E-state index is 0.0364. The molecule has 23 heavy (non-hydrogen) atoms. The van der Waals surface area contributed by atoms with Crippen LogP contribution in [0.15, 0.2) is 66.4 Å². The summed E-state index contributed by atoms with van der Waals surface area (Å²) in [5, 5.41) is 15.0. The molecule has 116 valence electrons. The first-order valence-corrected chi connectivity index (χ1v) is 7.39. The molecule has 0 fully saturated rings. The quantitative estimate of drug-likeness (QED) is 0.654. The highest BCUT2D eigenvalue weighted by molar-refractivity contribution is 5.97. The molecule has 0 aliphatic heterocycles. The predicted molar refractivity (Wildman–Crippen MR) is 91.5 cm³/mol. The molecule has 0 heterocycles. The van der Waals surface area contributed by atoms with E-state index in [1.807, 2.05) is 74.5 Å². The monoisotopic (exact) mass is 305 g/mol. The molecule has 2 N–H and O–H groups in total. The largest absolute Gasteiger partial charge is 0.360 e. The summed E-state index contributed by atoms with van der Waals surface area (Å²) in [5.74, 6) is -0.399. The maximum atomic E-state index is 12.2. The Morgan fingerprint density at radius 1 is 1.17 bits per heavy atom. The Morgan fingerprint density at radius 2 is 1.91 bits per heavy atom. The van der Waals surface area contributed by atoms with E-state index in [-0.39, 0.29) is 11.6 Å². The van der Waals surface area contributed by atoms with Crippen LogP contribution in [0.3, 0.4) is 0 Å². The normalized spacial score (nSPS) is 12.1. The van der Waals surface area contributed by atoms with Crippen LogP contribution in [0.4, 0.5) is 5.69 Å². The predicted octanol–water partition coefficient (Wildman–Crippen LogP) is 3.69. The lowest BCUT2D eigenvalue weighted by atomic mass is 10.1. The highest BCUT2D eigenvalue weighted by Gasteiger charge is 2.13. The summed E-state index contributed by atoms with van der Waals surface area (Å²) in [5.41, 5.74) is 2.96. The van der Waals surface area contributed by atoms with Crippen LogP contribution in [0.5, 0.6) is 0 Å². The summed E-state index contributed by atoms with van der Waals surface area (Å²) < 4.78 is 0. The van der Waals surface area contributed by atoms with Crippen molar-refractivity contribution in [3.05, 3.63) is 77.5 Å². The number of carbonyl (C=O) groups is 1. The number of nitrogens with zero attached hydrogens (tertiary/aromatic N) is 1. The zero-order valence-corrected chi connectivity index (χ0v) is 13.2. The van der Waals surface area contributed by atoms with E-state index >= 15 is 0 Å². The Kier molecular flexibility index (Phi) is 5.54. The van der Waals surface area contributed by atoms with Crippen molar-refractivity contribution in [2.45, 2.75) is 19.9 Å². The zero-order chi connectivity index (χ0) is 16.7. The van der Waals surface area contributed by atoms with Crippen LogP contribution in [0.1, 0.15) is 24.1 Å². The minimum Gasteiger partial charge on any atom is -0.360 e. The molecular formula is C19H19N3O. The average Bonchev–Trinajstić information content (AvgIpc) is 2.56. The van der Waals surface area contributed by atoms with Gasteiger partial charge in [0, 0.05) is 11.9 Å². The van der Waals surface area contributed by atoms with Gasteiger partial charge in [-0.05, 0) is 37.1 Å². The van der Waals surface area contributed by atoms with Gasteiger partial charge >= 0.3 is 0 Å². The second kappa shape index (κ2) is 7.81. The van der Waals surface area contributed by atoms with Crippen LogP contribution in [0.25, 0.3) is 0 Å². The molecule has 0 aliphatic carbocycles. The summed E-state index contributed by atoms with van der Waals surface area (Å²) >= 11 is 0. The van der Waals surface area contributed by atoms with Crippen LogP contribution in [-0.4, -0.2) is 5.91 Å². The lowest BCUT2D eigenvalue weighted by Gasteiger charge is -2.13. The van der Waals surface area contributed by atoms with Crippen molar-refractivity contribution >= 4 is 11.6 Å². The van der Waals surface area contributed by atoms with Gasteiger partial charge in [-0.1, -0.05) is 42.5 Å². The molecule has 0 saturated carbocycles. The van der Waals surface area contributed by atoms with Gasteiger partial charge in [-0.2, -0.15) is 5.26 Å². The number of aryl methyl sites for hydroxylation is 1. The zero-order valence-electron chi connectivity index (χ0n) is 13.2. The van der Waals surface area contributed by atoms with E-state index in [2.05, 4.69) is 10.6 Å². The van der Waals surface area contributed by atoms with E-state index in [9.17, 15) is 10.1 Å². The van der Waals surface area contributed by atoms with Gasteiger partial charge in [0.15, 0.2) is 0 Å². The highest BCUT2D eigenvalue weighted by atomic mass is 16.1. The SMILES string of the molecule is Cc1cccc(N/C=C(/C#N)C(=O)NC(C)c2ccccc2)c1. The molecule has 0 radical (unpaired) electrons. The van der Waals surface area contributed by atoms with Crippen molar-refractivity contribution in [2.24, 2.45) is 0 Å². The van der Waals surface area contributed by atoms with Crippen LogP contribution in [0.2, 0.25) is 0 Å². The molecule has 0 aromatic heterocycles. The molecule has 2 aromatic carbocycles. The van der Waals surface area contributed by atoms with E-state index in [1.54, 1.807) is 0 Å². The maximum absolute atomic E-state index is 12.2. The molecule has 0 aliphatic rings. The molecule has 2 aromatic rings. The van der Waals surface area contributed by atoms with Crippen LogP contribution in [0, 0.1) is 18.3 Å². The Labute approximate surface area is 136 Å². The number of carbonyl (C=O) groups excluding carboxylic acids is 1. The lowest BCUT2D eigenvalue weighted by Crippen LogP contribution is -2.28. The molecule has 1 atom stereocenters. The molecule has 4 nitrogen and oxygen atoms in total. The topological polar surface area (TPSA) is 64.9 Å². The molecule has 4 heteroatoms. The first-order valence-electron chi connectivity index (χ1n) is 7.39. The van der Waals surface area contributed by atoms with Gasteiger partial charge in [0.05, 0.1) is 6.04 Å². The van der Waals surface area contributed by atoms with Crippen LogP contribution >= 0.6 is 0 Å². The fraction of sp³-hybridized carbons (Fsp3) is 0.158. The van der Waals surface area contributed by atoms with Gasteiger partial charge in [-0.3, -0.25) is 4.79 Å². The molecule has 0 spiro atoms. The number of anilines is 1. The van der Waals surface area contributed by atoms with E-state index < -0.39 is 5.91 Å². The maximum Gasteiger partial charge on any atom is 0.263 e. The number of hydrogen-bond acceptors (Lipinski definition) is 3. The Bertz CT molecular complexity index is 745. The van der Waals surface area contributed by atoms with E-state index in [0.29, 0.717) is 0 Å². The van der Waals surface area contributed by atoms with Crippen molar-refractivity contribution in [1.29, 1.82) is 5.26 Å². The van der Waals surface area contributed by atoms with Crippen molar-refractivity contribution < 1.29 is 4.79 Å². The van der Waals surface area contributed by atoms with Crippen molar-refractivity contribution in [1.82, 2.24) is 5.32 Å². The fourth-order valence-corrected chi connectivity index (χ4v) is 2.14. The fourth-order valence-electron chi connectivity index (χ4n) is 2.14. The first kappa shape index (κ1) is 16.3. The van der Waals surface area contributed by atoms with Crippen molar-refractivity contribution in [3.63, 3.8) is 0 Å². The van der Waals surface area contributed by atoms with Crippen molar-refractivity contribution in [2.75, 3.05) is 5.32 Å². The molecule has 0 saturated heterocycles. The third kappa shape index (κ3) is 4.72. The molecular weight excluding hydrogens is 286 g/mol. The summed E-state index contributed by atoms with van der Waals surface area (Å²) in [6, 6.07) is 19.1. The Balaban J connectivity index is 2.04. The second-order valence-electron chi connectivity index (χ2n) is 5.29. The summed E-state index contributed by atoms with van der Waals surface area (Å²) in [7, 11) is 0. The van der Waals surface area contributed by atoms with E-state index in [4.69, 9.17) is 0 Å². The number of rotatable bonds is 5. The molecule has 1 unspecified atom stereocenters. The molecule has 2 rings (SSSR count).